The first-order chi connectivity index (χ1) is 7.07. The van der Waals surface area contributed by atoms with Crippen LogP contribution in [0.3, 0.4) is 0 Å². The minimum Gasteiger partial charge on any atom is -0.462 e. The number of rotatable bonds is 8. The van der Waals surface area contributed by atoms with Crippen LogP contribution in [0.4, 0.5) is 0 Å². The second kappa shape index (κ2) is 9.00. The summed E-state index contributed by atoms with van der Waals surface area (Å²) in [7, 11) is 0. The van der Waals surface area contributed by atoms with Crippen LogP contribution in [0.2, 0.25) is 0 Å². The van der Waals surface area contributed by atoms with Crippen LogP contribution in [0.5, 0.6) is 0 Å². The fraction of sp³-hybridized carbons (Fsp3) is 0.900. The first-order valence-corrected chi connectivity index (χ1v) is 6.50. The van der Waals surface area contributed by atoms with Crippen molar-refractivity contribution >= 4 is 17.7 Å². The highest BCUT2D eigenvalue weighted by Crippen LogP contribution is 2.00. The lowest BCUT2D eigenvalue weighted by Crippen LogP contribution is -2.33. The van der Waals surface area contributed by atoms with E-state index in [-0.39, 0.29) is 18.7 Å². The summed E-state index contributed by atoms with van der Waals surface area (Å²) in [5, 5.41) is 0. The van der Waals surface area contributed by atoms with Crippen molar-refractivity contribution in [3.8, 4) is 0 Å². The van der Waals surface area contributed by atoms with Crippen molar-refractivity contribution in [3.63, 3.8) is 0 Å². The van der Waals surface area contributed by atoms with Gasteiger partial charge in [-0.15, -0.1) is 0 Å². The van der Waals surface area contributed by atoms with E-state index in [1.807, 2.05) is 20.1 Å². The molecule has 90 valence electrons. The molecular formula is C10H21NO3S. The number of esters is 1. The Morgan fingerprint density at radius 2 is 2.07 bits per heavy atom. The average Bonchev–Trinajstić information content (AvgIpc) is 2.20. The minimum absolute atomic E-state index is 0.161. The maximum Gasteiger partial charge on any atom is 0.323 e. The van der Waals surface area contributed by atoms with Crippen LogP contribution in [-0.4, -0.2) is 43.3 Å². The second-order valence-electron chi connectivity index (χ2n) is 3.48. The van der Waals surface area contributed by atoms with Gasteiger partial charge < -0.3 is 15.2 Å². The van der Waals surface area contributed by atoms with E-state index >= 15 is 0 Å². The van der Waals surface area contributed by atoms with Gasteiger partial charge in [-0.05, 0) is 32.3 Å². The molecule has 0 saturated carbocycles. The quantitative estimate of drug-likeness (QED) is 0.503. The van der Waals surface area contributed by atoms with Crippen molar-refractivity contribution in [1.82, 2.24) is 0 Å². The van der Waals surface area contributed by atoms with Gasteiger partial charge in [0.2, 0.25) is 0 Å². The third kappa shape index (κ3) is 8.72. The zero-order valence-corrected chi connectivity index (χ0v) is 10.5. The first kappa shape index (κ1) is 14.7. The van der Waals surface area contributed by atoms with E-state index in [1.165, 1.54) is 0 Å². The van der Waals surface area contributed by atoms with Gasteiger partial charge in [0.1, 0.15) is 12.6 Å². The number of carbonyl (C=O) groups excluding carboxylic acids is 1. The Hall–Kier alpha value is -0.260. The molecule has 4 nitrogen and oxygen atoms in total. The Kier molecular flexibility index (Phi) is 8.85. The van der Waals surface area contributed by atoms with Gasteiger partial charge in [-0.25, -0.2) is 0 Å². The number of ether oxygens (including phenoxy) is 2. The zero-order valence-electron chi connectivity index (χ0n) is 9.69. The molecular weight excluding hydrogens is 214 g/mol. The molecule has 1 atom stereocenters. The van der Waals surface area contributed by atoms with Crippen LogP contribution < -0.4 is 5.73 Å². The third-order valence-electron chi connectivity index (χ3n) is 1.71. The summed E-state index contributed by atoms with van der Waals surface area (Å²) in [6.07, 6.45) is 2.80. The summed E-state index contributed by atoms with van der Waals surface area (Å²) in [6.45, 7) is 4.58. The van der Waals surface area contributed by atoms with Gasteiger partial charge in [0.15, 0.2) is 0 Å². The molecule has 0 fully saturated rings. The van der Waals surface area contributed by atoms with Crippen LogP contribution in [-0.2, 0) is 14.3 Å². The fourth-order valence-electron chi connectivity index (χ4n) is 0.896. The molecule has 0 aromatic heterocycles. The molecule has 5 heteroatoms. The number of hydrogen-bond acceptors (Lipinski definition) is 5. The van der Waals surface area contributed by atoms with Crippen molar-refractivity contribution in [2.24, 2.45) is 5.73 Å². The highest BCUT2D eigenvalue weighted by atomic mass is 32.2. The summed E-state index contributed by atoms with van der Waals surface area (Å²) in [5.74, 6) is 0.537. The Morgan fingerprint density at radius 3 is 2.60 bits per heavy atom. The molecule has 0 radical (unpaired) electrons. The Morgan fingerprint density at radius 1 is 1.40 bits per heavy atom. The predicted molar refractivity (Wildman–Crippen MR) is 63.0 cm³/mol. The van der Waals surface area contributed by atoms with E-state index in [0.717, 1.165) is 5.75 Å². The number of hydrogen-bond donors (Lipinski definition) is 1. The number of nitrogens with two attached hydrogens (primary N) is 1. The van der Waals surface area contributed by atoms with E-state index in [9.17, 15) is 4.79 Å². The summed E-state index contributed by atoms with van der Waals surface area (Å²) in [6, 6.07) is -0.503. The van der Waals surface area contributed by atoms with Crippen molar-refractivity contribution in [1.29, 1.82) is 0 Å². The Bertz CT molecular complexity index is 176. The number of thioether (sulfide) groups is 1. The van der Waals surface area contributed by atoms with Crippen LogP contribution in [0.15, 0.2) is 0 Å². The molecule has 0 aliphatic heterocycles. The van der Waals surface area contributed by atoms with Gasteiger partial charge in [0.05, 0.1) is 12.7 Å². The van der Waals surface area contributed by atoms with Crippen LogP contribution in [0.25, 0.3) is 0 Å². The second-order valence-corrected chi connectivity index (χ2v) is 4.46. The Balaban J connectivity index is 3.47. The SMILES string of the molecule is CSCC[C@H](N)C(=O)OCCOC(C)C. The third-order valence-corrected chi connectivity index (χ3v) is 2.36. The van der Waals surface area contributed by atoms with Gasteiger partial charge in [0, 0.05) is 0 Å². The molecule has 0 unspecified atom stereocenters. The molecule has 0 aliphatic carbocycles. The smallest absolute Gasteiger partial charge is 0.323 e. The predicted octanol–water partition coefficient (Wildman–Crippen LogP) is 1.03. The lowest BCUT2D eigenvalue weighted by molar-refractivity contribution is -0.147. The van der Waals surface area contributed by atoms with Crippen molar-refractivity contribution in [2.75, 3.05) is 25.2 Å². The molecule has 0 bridgehead atoms. The van der Waals surface area contributed by atoms with Crippen molar-refractivity contribution in [3.05, 3.63) is 0 Å². The minimum atomic E-state index is -0.503. The molecule has 0 heterocycles. The zero-order chi connectivity index (χ0) is 11.7. The summed E-state index contributed by atoms with van der Waals surface area (Å²) in [4.78, 5) is 11.3. The average molecular weight is 235 g/mol. The molecule has 0 amide bonds. The molecule has 0 aliphatic rings. The van der Waals surface area contributed by atoms with E-state index in [0.29, 0.717) is 13.0 Å². The molecule has 15 heavy (non-hydrogen) atoms. The molecule has 0 rings (SSSR count). The Labute approximate surface area is 95.9 Å². The van der Waals surface area contributed by atoms with Crippen molar-refractivity contribution < 1.29 is 14.3 Å². The first-order valence-electron chi connectivity index (χ1n) is 5.10. The van der Waals surface area contributed by atoms with Gasteiger partial charge in [-0.3, -0.25) is 4.79 Å². The molecule has 0 saturated heterocycles. The van der Waals surface area contributed by atoms with Gasteiger partial charge in [0.25, 0.3) is 0 Å². The van der Waals surface area contributed by atoms with Crippen LogP contribution in [0.1, 0.15) is 20.3 Å². The van der Waals surface area contributed by atoms with Crippen molar-refractivity contribution in [2.45, 2.75) is 32.4 Å². The lowest BCUT2D eigenvalue weighted by atomic mass is 10.2. The summed E-state index contributed by atoms with van der Waals surface area (Å²) >= 11 is 1.67. The topological polar surface area (TPSA) is 61.6 Å². The van der Waals surface area contributed by atoms with E-state index in [2.05, 4.69) is 0 Å². The van der Waals surface area contributed by atoms with E-state index < -0.39 is 6.04 Å². The fourth-order valence-corrected chi connectivity index (χ4v) is 1.39. The monoisotopic (exact) mass is 235 g/mol. The largest absolute Gasteiger partial charge is 0.462 e. The standard InChI is InChI=1S/C10H21NO3S/c1-8(2)13-5-6-14-10(12)9(11)4-7-15-3/h8-9H,4-7,11H2,1-3H3/t9-/m0/s1. The van der Waals surface area contributed by atoms with Gasteiger partial charge in [-0.1, -0.05) is 0 Å². The molecule has 0 aromatic rings. The van der Waals surface area contributed by atoms with Crippen LogP contribution in [0, 0.1) is 0 Å². The van der Waals surface area contributed by atoms with Gasteiger partial charge in [-0.2, -0.15) is 11.8 Å². The maximum atomic E-state index is 11.3. The van der Waals surface area contributed by atoms with E-state index in [4.69, 9.17) is 15.2 Å². The van der Waals surface area contributed by atoms with Crippen LogP contribution >= 0.6 is 11.8 Å². The molecule has 0 spiro atoms. The normalized spacial score (nSPS) is 12.9. The van der Waals surface area contributed by atoms with Gasteiger partial charge >= 0.3 is 5.97 Å². The summed E-state index contributed by atoms with van der Waals surface area (Å²) < 4.78 is 10.2. The number of carbonyl (C=O) groups is 1. The summed E-state index contributed by atoms with van der Waals surface area (Å²) in [5.41, 5.74) is 5.62. The van der Waals surface area contributed by atoms with E-state index in [1.54, 1.807) is 11.8 Å². The molecule has 0 aromatic carbocycles. The lowest BCUT2D eigenvalue weighted by Gasteiger charge is -2.11. The maximum absolute atomic E-state index is 11.3. The highest BCUT2D eigenvalue weighted by Gasteiger charge is 2.13. The molecule has 2 N–H and O–H groups in total. The highest BCUT2D eigenvalue weighted by molar-refractivity contribution is 7.98.